The highest BCUT2D eigenvalue weighted by Crippen LogP contribution is 2.34. The van der Waals surface area contributed by atoms with Crippen LogP contribution in [0.5, 0.6) is 0 Å². The molecule has 0 spiro atoms. The summed E-state index contributed by atoms with van der Waals surface area (Å²) in [7, 11) is 0. The molecule has 2 fully saturated rings. The maximum atomic E-state index is 13.7. The van der Waals surface area contributed by atoms with Crippen LogP contribution >= 0.6 is 0 Å². The van der Waals surface area contributed by atoms with Gasteiger partial charge in [-0.3, -0.25) is 0 Å². The molecule has 2 heterocycles. The molecule has 0 aromatic heterocycles. The van der Waals surface area contributed by atoms with Crippen LogP contribution in [0.3, 0.4) is 0 Å². The smallest absolute Gasteiger partial charge is 0.419 e. The van der Waals surface area contributed by atoms with Crippen LogP contribution in [0, 0.1) is 11.6 Å². The Kier molecular flexibility index (Phi) is 7.23. The summed E-state index contributed by atoms with van der Waals surface area (Å²) >= 11 is 0. The predicted molar refractivity (Wildman–Crippen MR) is 120 cm³/mol. The summed E-state index contributed by atoms with van der Waals surface area (Å²) in [6.07, 6.45) is 1.51. The molecule has 2 unspecified atom stereocenters. The average Bonchev–Trinajstić information content (AvgIpc) is 3.13. The quantitative estimate of drug-likeness (QED) is 0.632. The van der Waals surface area contributed by atoms with Gasteiger partial charge in [0.25, 0.3) is 0 Å². The number of amides is 3. The van der Waals surface area contributed by atoms with Crippen LogP contribution in [0.4, 0.5) is 18.4 Å². The number of benzene rings is 2. The number of ether oxygens (including phenoxy) is 1. The lowest BCUT2D eigenvalue weighted by Crippen LogP contribution is -2.43. The minimum Gasteiger partial charge on any atom is -0.443 e. The van der Waals surface area contributed by atoms with Gasteiger partial charge in [-0.15, -0.1) is 0 Å². The van der Waals surface area contributed by atoms with E-state index in [9.17, 15) is 18.4 Å². The summed E-state index contributed by atoms with van der Waals surface area (Å²) in [5.74, 6) is -1.42. The van der Waals surface area contributed by atoms with Crippen molar-refractivity contribution < 1.29 is 23.1 Å². The molecule has 0 radical (unpaired) electrons. The molecule has 6 nitrogen and oxygen atoms in total. The number of likely N-dealkylation sites (tertiary alicyclic amines) is 1. The monoisotopic (exact) mass is 457 g/mol. The van der Waals surface area contributed by atoms with Crippen LogP contribution < -0.4 is 5.32 Å². The van der Waals surface area contributed by atoms with Gasteiger partial charge in [0.2, 0.25) is 0 Å². The maximum absolute atomic E-state index is 13.7. The molecule has 2 aromatic rings. The van der Waals surface area contributed by atoms with Crippen molar-refractivity contribution in [2.24, 2.45) is 0 Å². The Morgan fingerprint density at radius 3 is 2.48 bits per heavy atom. The molecule has 176 valence electrons. The highest BCUT2D eigenvalue weighted by molar-refractivity contribution is 5.93. The van der Waals surface area contributed by atoms with Gasteiger partial charge in [-0.25, -0.2) is 23.3 Å². The molecular formula is C25H29F2N3O3. The number of cyclic esters (lactones) is 1. The summed E-state index contributed by atoms with van der Waals surface area (Å²) in [4.78, 5) is 28.3. The standard InChI is InChI=1S/C25H29F2N3O3/c1-17-23(20-8-9-21(26)22(27)16-20)30(25(32)33-17)24(31)28-12-5-13-29-14-10-19(11-15-29)18-6-3-2-4-7-18/h2-4,6-9,16-17,19,23H,5,10-15H2,1H3,(H,28,31). The van der Waals surface area contributed by atoms with Crippen molar-refractivity contribution in [3.05, 3.63) is 71.3 Å². The van der Waals surface area contributed by atoms with Gasteiger partial charge in [-0.05, 0) is 75.0 Å². The topological polar surface area (TPSA) is 61.9 Å². The molecule has 3 amide bonds. The zero-order valence-corrected chi connectivity index (χ0v) is 18.7. The lowest BCUT2D eigenvalue weighted by atomic mass is 9.89. The molecule has 8 heteroatoms. The lowest BCUT2D eigenvalue weighted by molar-refractivity contribution is 0.138. The highest BCUT2D eigenvalue weighted by Gasteiger charge is 2.44. The Balaban J connectivity index is 1.25. The van der Waals surface area contributed by atoms with Crippen LogP contribution in [0.2, 0.25) is 0 Å². The number of carbonyl (C=O) groups excluding carboxylic acids is 2. The van der Waals surface area contributed by atoms with E-state index in [0.717, 1.165) is 55.9 Å². The minimum atomic E-state index is -1.03. The third kappa shape index (κ3) is 5.33. The highest BCUT2D eigenvalue weighted by atomic mass is 19.2. The van der Waals surface area contributed by atoms with Gasteiger partial charge in [0.05, 0.1) is 0 Å². The first-order chi connectivity index (χ1) is 15.9. The van der Waals surface area contributed by atoms with E-state index in [1.54, 1.807) is 6.92 Å². The average molecular weight is 458 g/mol. The van der Waals surface area contributed by atoms with E-state index in [0.29, 0.717) is 18.0 Å². The van der Waals surface area contributed by atoms with Gasteiger partial charge in [-0.1, -0.05) is 36.4 Å². The molecule has 4 rings (SSSR count). The van der Waals surface area contributed by atoms with Crippen LogP contribution in [0.25, 0.3) is 0 Å². The second-order valence-corrected chi connectivity index (χ2v) is 8.69. The fourth-order valence-corrected chi connectivity index (χ4v) is 4.73. The largest absolute Gasteiger partial charge is 0.443 e. The third-order valence-corrected chi connectivity index (χ3v) is 6.50. The second kappa shape index (κ2) is 10.3. The first-order valence-corrected chi connectivity index (χ1v) is 11.4. The van der Waals surface area contributed by atoms with Crippen LogP contribution in [-0.2, 0) is 4.74 Å². The van der Waals surface area contributed by atoms with Crippen molar-refractivity contribution in [2.45, 2.75) is 44.2 Å². The fraction of sp³-hybridized carbons (Fsp3) is 0.440. The van der Waals surface area contributed by atoms with Gasteiger partial charge < -0.3 is 15.0 Å². The second-order valence-electron chi connectivity index (χ2n) is 8.69. The maximum Gasteiger partial charge on any atom is 0.419 e. The van der Waals surface area contributed by atoms with Crippen molar-refractivity contribution >= 4 is 12.1 Å². The van der Waals surface area contributed by atoms with Crippen molar-refractivity contribution in [1.29, 1.82) is 0 Å². The Morgan fingerprint density at radius 1 is 1.06 bits per heavy atom. The van der Waals surface area contributed by atoms with E-state index >= 15 is 0 Å². The van der Waals surface area contributed by atoms with Gasteiger partial charge in [-0.2, -0.15) is 0 Å². The van der Waals surface area contributed by atoms with E-state index in [4.69, 9.17) is 4.74 Å². The number of imide groups is 1. The first kappa shape index (κ1) is 23.2. The number of nitrogens with one attached hydrogen (secondary N) is 1. The Labute approximate surface area is 192 Å². The summed E-state index contributed by atoms with van der Waals surface area (Å²) < 4.78 is 32.2. The van der Waals surface area contributed by atoms with Gasteiger partial charge >= 0.3 is 12.1 Å². The fourth-order valence-electron chi connectivity index (χ4n) is 4.73. The lowest BCUT2D eigenvalue weighted by Gasteiger charge is -2.32. The molecule has 2 aliphatic rings. The Bertz CT molecular complexity index is 980. The number of hydrogen-bond donors (Lipinski definition) is 1. The van der Waals surface area contributed by atoms with Crippen molar-refractivity contribution in [3.63, 3.8) is 0 Å². The molecule has 0 saturated carbocycles. The van der Waals surface area contributed by atoms with Crippen molar-refractivity contribution in [1.82, 2.24) is 15.1 Å². The Hall–Kier alpha value is -3.00. The van der Waals surface area contributed by atoms with Gasteiger partial charge in [0, 0.05) is 6.54 Å². The van der Waals surface area contributed by atoms with Crippen molar-refractivity contribution in [2.75, 3.05) is 26.2 Å². The predicted octanol–water partition coefficient (Wildman–Crippen LogP) is 4.83. The molecule has 1 N–H and O–H groups in total. The van der Waals surface area contributed by atoms with E-state index < -0.39 is 35.9 Å². The number of halogens is 2. The minimum absolute atomic E-state index is 0.309. The molecule has 0 bridgehead atoms. The zero-order valence-electron chi connectivity index (χ0n) is 18.7. The number of urea groups is 1. The summed E-state index contributed by atoms with van der Waals surface area (Å²) in [6, 6.07) is 12.5. The number of nitrogens with zero attached hydrogens (tertiary/aromatic N) is 2. The Morgan fingerprint density at radius 2 is 1.79 bits per heavy atom. The number of piperidine rings is 1. The normalized spacial score (nSPS) is 21.8. The van der Waals surface area contributed by atoms with Crippen LogP contribution in [-0.4, -0.2) is 54.2 Å². The molecule has 0 aliphatic carbocycles. The molecule has 2 saturated heterocycles. The molecular weight excluding hydrogens is 428 g/mol. The van der Waals surface area contributed by atoms with Crippen molar-refractivity contribution in [3.8, 4) is 0 Å². The summed E-state index contributed by atoms with van der Waals surface area (Å²) in [5, 5.41) is 2.77. The molecule has 2 atom stereocenters. The summed E-state index contributed by atoms with van der Waals surface area (Å²) in [6.45, 7) is 4.91. The molecule has 2 aliphatic heterocycles. The zero-order chi connectivity index (χ0) is 23.4. The van der Waals surface area contributed by atoms with E-state index in [1.807, 2.05) is 6.07 Å². The third-order valence-electron chi connectivity index (χ3n) is 6.50. The van der Waals surface area contributed by atoms with E-state index in [-0.39, 0.29) is 0 Å². The molecule has 2 aromatic carbocycles. The molecule has 33 heavy (non-hydrogen) atoms. The summed E-state index contributed by atoms with van der Waals surface area (Å²) in [5.41, 5.74) is 1.70. The van der Waals surface area contributed by atoms with Crippen LogP contribution in [0.15, 0.2) is 48.5 Å². The van der Waals surface area contributed by atoms with E-state index in [1.165, 1.54) is 11.6 Å². The number of hydrogen-bond acceptors (Lipinski definition) is 4. The first-order valence-electron chi connectivity index (χ1n) is 11.4. The van der Waals surface area contributed by atoms with Crippen LogP contribution in [0.1, 0.15) is 49.3 Å². The SMILES string of the molecule is CC1OC(=O)N(C(=O)NCCCN2CCC(c3ccccc3)CC2)C1c1ccc(F)c(F)c1. The van der Waals surface area contributed by atoms with E-state index in [2.05, 4.69) is 34.5 Å². The van der Waals surface area contributed by atoms with Gasteiger partial charge in [0.1, 0.15) is 12.1 Å². The van der Waals surface area contributed by atoms with Gasteiger partial charge in [0.15, 0.2) is 11.6 Å². The number of rotatable bonds is 6. The number of carbonyl (C=O) groups is 2.